The summed E-state index contributed by atoms with van der Waals surface area (Å²) in [5, 5.41) is -0.482. The lowest BCUT2D eigenvalue weighted by Crippen LogP contribution is -2.49. The maximum absolute atomic E-state index is 12.6. The monoisotopic (exact) mass is 513 g/mol. The quantitative estimate of drug-likeness (QED) is 0.470. The van der Waals surface area contributed by atoms with Gasteiger partial charge in [0.25, 0.3) is 0 Å². The summed E-state index contributed by atoms with van der Waals surface area (Å²) in [5.41, 5.74) is 4.03. The molecule has 2 fully saturated rings. The fraction of sp³-hybridized carbons (Fsp3) is 0.480. The smallest absolute Gasteiger partial charge is 0.242 e. The Morgan fingerprint density at radius 3 is 2.56 bits per heavy atom. The highest BCUT2D eigenvalue weighted by Crippen LogP contribution is 2.29. The van der Waals surface area contributed by atoms with E-state index in [9.17, 15) is 8.42 Å². The van der Waals surface area contributed by atoms with Crippen molar-refractivity contribution in [2.75, 3.05) is 57.5 Å². The average Bonchev–Trinajstić information content (AvgIpc) is 2.92. The molecule has 3 aromatic rings. The van der Waals surface area contributed by atoms with Gasteiger partial charge in [-0.05, 0) is 32.0 Å². The average molecular weight is 514 g/mol. The molecule has 36 heavy (non-hydrogen) atoms. The van der Waals surface area contributed by atoms with Crippen LogP contribution < -0.4 is 9.64 Å². The maximum Gasteiger partial charge on any atom is 0.242 e. The highest BCUT2D eigenvalue weighted by Gasteiger charge is 2.32. The van der Waals surface area contributed by atoms with Crippen LogP contribution in [0, 0.1) is 0 Å². The summed E-state index contributed by atoms with van der Waals surface area (Å²) in [7, 11) is -3.36. The highest BCUT2D eigenvalue weighted by atomic mass is 32.2. The zero-order valence-corrected chi connectivity index (χ0v) is 21.4. The molecular weight excluding hydrogens is 482 g/mol. The Bertz CT molecular complexity index is 1300. The first-order valence-electron chi connectivity index (χ1n) is 12.2. The first kappa shape index (κ1) is 24.8. The third-order valence-corrected chi connectivity index (χ3v) is 8.67. The molecule has 2 aromatic heterocycles. The van der Waals surface area contributed by atoms with Crippen molar-refractivity contribution in [3.05, 3.63) is 42.7 Å². The molecule has 0 unspecified atom stereocenters. The first-order valence-corrected chi connectivity index (χ1v) is 13.7. The fourth-order valence-corrected chi connectivity index (χ4v) is 5.65. The van der Waals surface area contributed by atoms with E-state index in [0.29, 0.717) is 30.1 Å². The summed E-state index contributed by atoms with van der Waals surface area (Å²) < 4.78 is 44.0. The minimum absolute atomic E-state index is 0.155. The third kappa shape index (κ3) is 5.29. The molecule has 0 saturated carbocycles. The molecule has 1 atom stereocenters. The molecule has 0 aliphatic carbocycles. The Morgan fingerprint density at radius 1 is 1.06 bits per heavy atom. The van der Waals surface area contributed by atoms with E-state index in [2.05, 4.69) is 27.0 Å². The molecule has 2 aliphatic heterocycles. The largest absolute Gasteiger partial charge is 0.473 e. The van der Waals surface area contributed by atoms with E-state index >= 15 is 0 Å². The molecular formula is C25H31N5O5S. The molecule has 0 spiro atoms. The predicted molar refractivity (Wildman–Crippen MR) is 137 cm³/mol. The van der Waals surface area contributed by atoms with Gasteiger partial charge in [-0.15, -0.1) is 0 Å². The van der Waals surface area contributed by atoms with E-state index in [0.717, 1.165) is 43.2 Å². The fourth-order valence-electron chi connectivity index (χ4n) is 4.35. The van der Waals surface area contributed by atoms with Gasteiger partial charge in [0, 0.05) is 49.8 Å². The second kappa shape index (κ2) is 10.6. The standard InChI is InChI=1S/C25H31N5O5S/c1-18(2)36(31,32)30-11-14-34-21(16-30)17-35-25-24-23(26-7-8-27-24)15-22(28-25)19-3-5-20(6-4-19)29-9-12-33-13-10-29/h3-8,15,18,21H,9-14,16-17H2,1-2H3/t21-/m0/s1. The van der Waals surface area contributed by atoms with Gasteiger partial charge in [-0.3, -0.25) is 4.98 Å². The van der Waals surface area contributed by atoms with Gasteiger partial charge in [-0.1, -0.05) is 12.1 Å². The van der Waals surface area contributed by atoms with Crippen molar-refractivity contribution in [1.29, 1.82) is 0 Å². The molecule has 5 rings (SSSR count). The second-order valence-corrected chi connectivity index (χ2v) is 11.6. The number of sulfonamides is 1. The minimum Gasteiger partial charge on any atom is -0.473 e. The summed E-state index contributed by atoms with van der Waals surface area (Å²) >= 11 is 0. The number of nitrogens with zero attached hydrogens (tertiary/aromatic N) is 5. The van der Waals surface area contributed by atoms with Crippen LogP contribution in [0.1, 0.15) is 13.8 Å². The molecule has 10 nitrogen and oxygen atoms in total. The van der Waals surface area contributed by atoms with Crippen LogP contribution >= 0.6 is 0 Å². The Hall–Kier alpha value is -2.86. The van der Waals surface area contributed by atoms with Crippen LogP contribution in [0.25, 0.3) is 22.3 Å². The molecule has 0 bridgehead atoms. The number of morpholine rings is 2. The number of anilines is 1. The lowest BCUT2D eigenvalue weighted by Gasteiger charge is -2.33. The first-order chi connectivity index (χ1) is 17.4. The van der Waals surface area contributed by atoms with Crippen LogP contribution in [0.15, 0.2) is 42.7 Å². The number of ether oxygens (including phenoxy) is 3. The SMILES string of the molecule is CC(C)S(=O)(=O)N1CCO[C@H](COc2nc(-c3ccc(N4CCOCC4)cc3)cc3nccnc23)C1. The number of pyridine rings is 1. The summed E-state index contributed by atoms with van der Waals surface area (Å²) in [6, 6.07) is 10.1. The van der Waals surface area contributed by atoms with E-state index in [1.807, 2.05) is 18.2 Å². The van der Waals surface area contributed by atoms with Crippen LogP contribution in [0.5, 0.6) is 5.88 Å². The Balaban J connectivity index is 1.35. The molecule has 0 radical (unpaired) electrons. The van der Waals surface area contributed by atoms with Crippen molar-refractivity contribution in [2.45, 2.75) is 25.2 Å². The van der Waals surface area contributed by atoms with Gasteiger partial charge in [-0.25, -0.2) is 18.4 Å². The van der Waals surface area contributed by atoms with Gasteiger partial charge in [0.05, 0.1) is 36.3 Å². The maximum atomic E-state index is 12.6. The Labute approximate surface area is 211 Å². The van der Waals surface area contributed by atoms with Crippen molar-refractivity contribution < 1.29 is 22.6 Å². The molecule has 11 heteroatoms. The summed E-state index contributed by atoms with van der Waals surface area (Å²) in [4.78, 5) is 15.9. The van der Waals surface area contributed by atoms with Crippen molar-refractivity contribution >= 4 is 26.7 Å². The molecule has 1 aromatic carbocycles. The predicted octanol–water partition coefficient (Wildman–Crippen LogP) is 2.35. The van der Waals surface area contributed by atoms with E-state index in [1.165, 1.54) is 4.31 Å². The zero-order chi connectivity index (χ0) is 25.1. The van der Waals surface area contributed by atoms with Crippen LogP contribution in [0.3, 0.4) is 0 Å². The highest BCUT2D eigenvalue weighted by molar-refractivity contribution is 7.89. The summed E-state index contributed by atoms with van der Waals surface area (Å²) in [5.74, 6) is 0.347. The van der Waals surface area contributed by atoms with Gasteiger partial charge in [-0.2, -0.15) is 4.31 Å². The Kier molecular flexibility index (Phi) is 7.33. The van der Waals surface area contributed by atoms with Gasteiger partial charge >= 0.3 is 0 Å². The number of benzene rings is 1. The molecule has 4 heterocycles. The van der Waals surface area contributed by atoms with E-state index in [-0.39, 0.29) is 13.2 Å². The van der Waals surface area contributed by atoms with Crippen LogP contribution in [-0.2, 0) is 19.5 Å². The number of hydrogen-bond acceptors (Lipinski definition) is 9. The lowest BCUT2D eigenvalue weighted by atomic mass is 10.1. The normalized spacial score (nSPS) is 19.6. The van der Waals surface area contributed by atoms with Gasteiger partial charge < -0.3 is 19.1 Å². The number of rotatable bonds is 7. The zero-order valence-electron chi connectivity index (χ0n) is 20.5. The summed E-state index contributed by atoms with van der Waals surface area (Å²) in [6.45, 7) is 7.66. The number of hydrogen-bond donors (Lipinski definition) is 0. The molecule has 0 N–H and O–H groups in total. The molecule has 192 valence electrons. The van der Waals surface area contributed by atoms with E-state index < -0.39 is 21.4 Å². The topological polar surface area (TPSA) is 107 Å². The van der Waals surface area contributed by atoms with E-state index in [4.69, 9.17) is 19.2 Å². The van der Waals surface area contributed by atoms with Crippen LogP contribution in [0.4, 0.5) is 5.69 Å². The van der Waals surface area contributed by atoms with Gasteiger partial charge in [0.2, 0.25) is 15.9 Å². The van der Waals surface area contributed by atoms with Crippen molar-refractivity contribution in [3.8, 4) is 17.1 Å². The van der Waals surface area contributed by atoms with Crippen molar-refractivity contribution in [1.82, 2.24) is 19.3 Å². The van der Waals surface area contributed by atoms with Crippen LogP contribution in [-0.4, -0.2) is 91.6 Å². The molecule has 2 saturated heterocycles. The van der Waals surface area contributed by atoms with Crippen molar-refractivity contribution in [2.24, 2.45) is 0 Å². The summed E-state index contributed by atoms with van der Waals surface area (Å²) in [6.07, 6.45) is 2.83. The van der Waals surface area contributed by atoms with E-state index in [1.54, 1.807) is 26.2 Å². The Morgan fingerprint density at radius 2 is 1.81 bits per heavy atom. The third-order valence-electron chi connectivity index (χ3n) is 6.43. The number of fused-ring (bicyclic) bond motifs is 1. The lowest BCUT2D eigenvalue weighted by molar-refractivity contribution is -0.0255. The minimum atomic E-state index is -3.36. The van der Waals surface area contributed by atoms with Crippen molar-refractivity contribution in [3.63, 3.8) is 0 Å². The number of aromatic nitrogens is 3. The molecule has 2 aliphatic rings. The second-order valence-electron chi connectivity index (χ2n) is 9.14. The molecule has 0 amide bonds. The van der Waals surface area contributed by atoms with Crippen LogP contribution in [0.2, 0.25) is 0 Å². The van der Waals surface area contributed by atoms with Gasteiger partial charge in [0.15, 0.2) is 5.52 Å². The van der Waals surface area contributed by atoms with Gasteiger partial charge in [0.1, 0.15) is 12.7 Å².